The van der Waals surface area contributed by atoms with E-state index < -0.39 is 5.97 Å². The molecule has 0 saturated carbocycles. The summed E-state index contributed by atoms with van der Waals surface area (Å²) in [5, 5.41) is 8.54. The summed E-state index contributed by atoms with van der Waals surface area (Å²) in [6, 6.07) is 0. The maximum Gasteiger partial charge on any atom is 0.305 e. The van der Waals surface area contributed by atoms with Crippen molar-refractivity contribution < 1.29 is 19.4 Å². The highest BCUT2D eigenvalue weighted by atomic mass is 16.5. The molecular formula is C20H38O4. The van der Waals surface area contributed by atoms with Crippen LogP contribution in [0.2, 0.25) is 0 Å². The van der Waals surface area contributed by atoms with Gasteiger partial charge in [0.05, 0.1) is 7.11 Å². The van der Waals surface area contributed by atoms with Gasteiger partial charge in [-0.1, -0.05) is 83.5 Å². The van der Waals surface area contributed by atoms with Crippen LogP contribution in [0, 0.1) is 0 Å². The first-order valence-corrected chi connectivity index (χ1v) is 9.95. The minimum atomic E-state index is -0.670. The topological polar surface area (TPSA) is 63.6 Å². The summed E-state index contributed by atoms with van der Waals surface area (Å²) in [5.74, 6) is -0.758. The Morgan fingerprint density at radius 2 is 0.875 bits per heavy atom. The van der Waals surface area contributed by atoms with Crippen molar-refractivity contribution in [3.63, 3.8) is 0 Å². The molecule has 24 heavy (non-hydrogen) atoms. The Hall–Kier alpha value is -1.06. The number of hydrogen-bond acceptors (Lipinski definition) is 3. The third-order valence-electron chi connectivity index (χ3n) is 4.50. The fraction of sp³-hybridized carbons (Fsp3) is 0.900. The molecule has 0 aliphatic rings. The van der Waals surface area contributed by atoms with Gasteiger partial charge in [0.25, 0.3) is 0 Å². The number of rotatable bonds is 18. The van der Waals surface area contributed by atoms with Gasteiger partial charge in [-0.05, 0) is 12.8 Å². The minimum Gasteiger partial charge on any atom is -0.481 e. The van der Waals surface area contributed by atoms with Crippen LogP contribution in [0.1, 0.15) is 109 Å². The lowest BCUT2D eigenvalue weighted by atomic mass is 10.0. The second kappa shape index (κ2) is 18.3. The second-order valence-electron chi connectivity index (χ2n) is 6.77. The van der Waals surface area contributed by atoms with Crippen molar-refractivity contribution in [3.05, 3.63) is 0 Å². The smallest absolute Gasteiger partial charge is 0.305 e. The molecule has 4 nitrogen and oxygen atoms in total. The Morgan fingerprint density at radius 1 is 0.583 bits per heavy atom. The van der Waals surface area contributed by atoms with E-state index in [1.165, 1.54) is 77.7 Å². The monoisotopic (exact) mass is 342 g/mol. The van der Waals surface area contributed by atoms with Crippen LogP contribution in [0.5, 0.6) is 0 Å². The van der Waals surface area contributed by atoms with Gasteiger partial charge in [-0.3, -0.25) is 9.59 Å². The lowest BCUT2D eigenvalue weighted by Crippen LogP contribution is -1.99. The average Bonchev–Trinajstić information content (AvgIpc) is 2.57. The molecule has 0 aliphatic carbocycles. The van der Waals surface area contributed by atoms with E-state index >= 15 is 0 Å². The van der Waals surface area contributed by atoms with E-state index in [-0.39, 0.29) is 5.97 Å². The number of ether oxygens (including phenoxy) is 1. The fourth-order valence-corrected chi connectivity index (χ4v) is 2.95. The number of carboxylic acid groups (broad SMARTS) is 1. The lowest BCUT2D eigenvalue weighted by molar-refractivity contribution is -0.141. The van der Waals surface area contributed by atoms with Crippen LogP contribution in [0.3, 0.4) is 0 Å². The van der Waals surface area contributed by atoms with Crippen molar-refractivity contribution in [3.8, 4) is 0 Å². The normalized spacial score (nSPS) is 10.7. The Bertz CT molecular complexity index is 302. The largest absolute Gasteiger partial charge is 0.481 e. The molecule has 1 N–H and O–H groups in total. The first-order valence-electron chi connectivity index (χ1n) is 9.95. The van der Waals surface area contributed by atoms with Gasteiger partial charge in [-0.2, -0.15) is 0 Å². The first kappa shape index (κ1) is 22.9. The Labute approximate surface area is 148 Å². The van der Waals surface area contributed by atoms with Crippen molar-refractivity contribution in [2.75, 3.05) is 7.11 Å². The predicted molar refractivity (Wildman–Crippen MR) is 98.1 cm³/mol. The molecule has 0 spiro atoms. The van der Waals surface area contributed by atoms with E-state index in [2.05, 4.69) is 4.74 Å². The maximum absolute atomic E-state index is 10.9. The molecular weight excluding hydrogens is 304 g/mol. The molecule has 0 rings (SSSR count). The van der Waals surface area contributed by atoms with E-state index in [9.17, 15) is 9.59 Å². The van der Waals surface area contributed by atoms with E-state index in [1.807, 2.05) is 0 Å². The molecule has 0 amide bonds. The lowest BCUT2D eigenvalue weighted by Gasteiger charge is -2.03. The SMILES string of the molecule is COC(=O)CCCCCCCCCCCCCCCCCC(=O)O. The number of methoxy groups -OCH3 is 1. The Morgan fingerprint density at radius 3 is 1.17 bits per heavy atom. The van der Waals surface area contributed by atoms with Crippen molar-refractivity contribution in [2.24, 2.45) is 0 Å². The Kier molecular flexibility index (Phi) is 17.5. The summed E-state index contributed by atoms with van der Waals surface area (Å²) in [6.45, 7) is 0. The molecule has 4 heteroatoms. The molecule has 0 bridgehead atoms. The maximum atomic E-state index is 10.9. The van der Waals surface area contributed by atoms with Crippen molar-refractivity contribution in [2.45, 2.75) is 109 Å². The van der Waals surface area contributed by atoms with E-state index in [1.54, 1.807) is 0 Å². The summed E-state index contributed by atoms with van der Waals surface area (Å²) < 4.78 is 4.62. The quantitative estimate of drug-likeness (QED) is 0.250. The molecule has 0 radical (unpaired) electrons. The van der Waals surface area contributed by atoms with E-state index in [0.29, 0.717) is 12.8 Å². The number of unbranched alkanes of at least 4 members (excludes halogenated alkanes) is 14. The third-order valence-corrected chi connectivity index (χ3v) is 4.50. The zero-order chi connectivity index (χ0) is 17.9. The van der Waals surface area contributed by atoms with Crippen molar-refractivity contribution >= 4 is 11.9 Å². The number of carbonyl (C=O) groups excluding carboxylic acids is 1. The molecule has 0 saturated heterocycles. The van der Waals surface area contributed by atoms with Gasteiger partial charge >= 0.3 is 11.9 Å². The molecule has 0 aromatic carbocycles. The molecule has 0 fully saturated rings. The van der Waals surface area contributed by atoms with E-state index in [0.717, 1.165) is 25.7 Å². The zero-order valence-electron chi connectivity index (χ0n) is 15.7. The minimum absolute atomic E-state index is 0.0877. The number of aliphatic carboxylic acids is 1. The molecule has 0 unspecified atom stereocenters. The molecule has 0 aromatic rings. The number of carbonyl (C=O) groups is 2. The Balaban J connectivity index is 3.03. The summed E-state index contributed by atoms with van der Waals surface area (Å²) in [4.78, 5) is 21.3. The van der Waals surface area contributed by atoms with Gasteiger partial charge in [-0.15, -0.1) is 0 Å². The van der Waals surface area contributed by atoms with Crippen LogP contribution in [0.15, 0.2) is 0 Å². The van der Waals surface area contributed by atoms with Gasteiger partial charge in [-0.25, -0.2) is 0 Å². The van der Waals surface area contributed by atoms with Crippen LogP contribution >= 0.6 is 0 Å². The zero-order valence-corrected chi connectivity index (χ0v) is 15.7. The van der Waals surface area contributed by atoms with Crippen molar-refractivity contribution in [1.82, 2.24) is 0 Å². The number of hydrogen-bond donors (Lipinski definition) is 1. The number of carboxylic acids is 1. The molecule has 0 atom stereocenters. The second-order valence-corrected chi connectivity index (χ2v) is 6.77. The average molecular weight is 343 g/mol. The van der Waals surface area contributed by atoms with Crippen LogP contribution in [-0.2, 0) is 14.3 Å². The fourth-order valence-electron chi connectivity index (χ4n) is 2.95. The van der Waals surface area contributed by atoms with Gasteiger partial charge in [0.1, 0.15) is 0 Å². The van der Waals surface area contributed by atoms with Crippen LogP contribution < -0.4 is 0 Å². The molecule has 0 heterocycles. The number of esters is 1. The highest BCUT2D eigenvalue weighted by molar-refractivity contribution is 5.68. The standard InChI is InChI=1S/C20H38O4/c1-24-20(23)18-16-14-12-10-8-6-4-2-3-5-7-9-11-13-15-17-19(21)22/h2-18H2,1H3,(H,21,22). The van der Waals surface area contributed by atoms with Gasteiger partial charge < -0.3 is 9.84 Å². The van der Waals surface area contributed by atoms with Crippen LogP contribution in [0.25, 0.3) is 0 Å². The molecule has 0 aliphatic heterocycles. The summed E-state index contributed by atoms with van der Waals surface area (Å²) >= 11 is 0. The highest BCUT2D eigenvalue weighted by Crippen LogP contribution is 2.14. The van der Waals surface area contributed by atoms with Crippen molar-refractivity contribution in [1.29, 1.82) is 0 Å². The van der Waals surface area contributed by atoms with Crippen LogP contribution in [-0.4, -0.2) is 24.2 Å². The highest BCUT2D eigenvalue weighted by Gasteiger charge is 1.99. The van der Waals surface area contributed by atoms with Gasteiger partial charge in [0, 0.05) is 12.8 Å². The van der Waals surface area contributed by atoms with E-state index in [4.69, 9.17) is 5.11 Å². The van der Waals surface area contributed by atoms with Gasteiger partial charge in [0.15, 0.2) is 0 Å². The summed E-state index contributed by atoms with van der Waals surface area (Å²) in [7, 11) is 1.45. The third kappa shape index (κ3) is 19.0. The molecule has 0 aromatic heterocycles. The predicted octanol–water partition coefficient (Wildman–Crippen LogP) is 5.88. The van der Waals surface area contributed by atoms with Gasteiger partial charge in [0.2, 0.25) is 0 Å². The first-order chi connectivity index (χ1) is 11.7. The summed E-state index contributed by atoms with van der Waals surface area (Å²) in [6.07, 6.45) is 19.2. The molecule has 142 valence electrons. The summed E-state index contributed by atoms with van der Waals surface area (Å²) in [5.41, 5.74) is 0. The van der Waals surface area contributed by atoms with Crippen LogP contribution in [0.4, 0.5) is 0 Å².